The molecular weight excluding hydrogens is 553 g/mol. The third kappa shape index (κ3) is 8.73. The van der Waals surface area contributed by atoms with Crippen LogP contribution >= 0.6 is 45.9 Å². The van der Waals surface area contributed by atoms with Crippen molar-refractivity contribution in [1.29, 1.82) is 0 Å². The van der Waals surface area contributed by atoms with Crippen LogP contribution in [0.15, 0.2) is 36.4 Å². The molecule has 0 bridgehead atoms. The first-order chi connectivity index (χ1) is 18.0. The van der Waals surface area contributed by atoms with Gasteiger partial charge in [-0.3, -0.25) is 10.2 Å². The minimum Gasteiger partial charge on any atom is -0.487 e. The number of anilines is 1. The molecule has 6 rings (SSSR count). The van der Waals surface area contributed by atoms with Crippen molar-refractivity contribution in [3.8, 4) is 5.06 Å². The lowest BCUT2D eigenvalue weighted by molar-refractivity contribution is 0.108. The molecule has 37 heavy (non-hydrogen) atoms. The standard InChI is InChI=1S/C13H15ClN2OS.C7H11N3O.C5H5ClOS/c14-13-6-5-10(18-13)4-3-9-8-11(16-15-9)12-2-1-7-17-12;8-7-4-5(9-10-7)6-2-1-3-11-6;1-7-5-3-2-4(6)8-5/h5-6,8,12H,1-4,7H2,(H,15,16);4,6H,1-3H2,(H3,8,9,10);2-3H,1H3. The lowest BCUT2D eigenvalue weighted by Gasteiger charge is -2.03. The summed E-state index contributed by atoms with van der Waals surface area (Å²) >= 11 is 14.6. The summed E-state index contributed by atoms with van der Waals surface area (Å²) in [4.78, 5) is 1.31. The Morgan fingerprint density at radius 2 is 1.68 bits per heavy atom. The van der Waals surface area contributed by atoms with Gasteiger partial charge in [-0.15, -0.1) is 11.3 Å². The van der Waals surface area contributed by atoms with Gasteiger partial charge in [-0.2, -0.15) is 10.2 Å². The molecule has 2 saturated heterocycles. The van der Waals surface area contributed by atoms with Crippen LogP contribution in [0.1, 0.15) is 59.9 Å². The summed E-state index contributed by atoms with van der Waals surface area (Å²) in [5, 5.41) is 15.0. The number of nitrogens with one attached hydrogen (secondary N) is 2. The number of aryl methyl sites for hydroxylation is 2. The van der Waals surface area contributed by atoms with Crippen LogP contribution in [0.25, 0.3) is 0 Å². The van der Waals surface area contributed by atoms with E-state index in [0.717, 1.165) is 76.9 Å². The number of ether oxygens (including phenoxy) is 3. The maximum Gasteiger partial charge on any atom is 0.174 e. The molecule has 2 aliphatic heterocycles. The molecule has 2 aliphatic rings. The highest BCUT2D eigenvalue weighted by Gasteiger charge is 2.20. The van der Waals surface area contributed by atoms with E-state index in [1.54, 1.807) is 18.4 Å². The SMILES string of the molecule is COc1ccc(Cl)s1.Clc1ccc(CCc2cc(C3CCCO3)n[nH]2)s1.Nc1cc(C2CCCO2)[nH]n1. The number of rotatable bonds is 6. The minimum atomic E-state index is 0.194. The number of aromatic amines is 2. The van der Waals surface area contributed by atoms with Gasteiger partial charge in [0, 0.05) is 29.9 Å². The monoisotopic (exact) mass is 583 g/mol. The normalized spacial score (nSPS) is 18.7. The van der Waals surface area contributed by atoms with Gasteiger partial charge in [0.15, 0.2) is 5.06 Å². The number of aromatic nitrogens is 4. The van der Waals surface area contributed by atoms with Gasteiger partial charge in [0.1, 0.15) is 11.9 Å². The number of nitrogens with zero attached hydrogens (tertiary/aromatic N) is 2. The molecule has 200 valence electrons. The van der Waals surface area contributed by atoms with Gasteiger partial charge in [0.2, 0.25) is 0 Å². The number of methoxy groups -OCH3 is 1. The van der Waals surface area contributed by atoms with Gasteiger partial charge in [-0.25, -0.2) is 0 Å². The molecule has 0 radical (unpaired) electrons. The van der Waals surface area contributed by atoms with E-state index in [2.05, 4.69) is 32.5 Å². The second-order valence-corrected chi connectivity index (χ2v) is 12.0. The van der Waals surface area contributed by atoms with Crippen molar-refractivity contribution in [1.82, 2.24) is 20.4 Å². The Balaban J connectivity index is 0.000000143. The second kappa shape index (κ2) is 14.2. The van der Waals surface area contributed by atoms with E-state index in [0.29, 0.717) is 5.82 Å². The van der Waals surface area contributed by atoms with Gasteiger partial charge in [-0.1, -0.05) is 34.5 Å². The number of thiophene rings is 2. The van der Waals surface area contributed by atoms with Gasteiger partial charge in [0.05, 0.1) is 33.3 Å². The first-order valence-corrected chi connectivity index (χ1v) is 14.5. The number of hydrogen-bond acceptors (Lipinski definition) is 8. The molecule has 0 aliphatic carbocycles. The fourth-order valence-electron chi connectivity index (χ4n) is 3.98. The first kappa shape index (κ1) is 27.9. The molecule has 2 fully saturated rings. The predicted octanol–water partition coefficient (Wildman–Crippen LogP) is 7.01. The average molecular weight is 585 g/mol. The molecule has 2 atom stereocenters. The number of hydrogen-bond donors (Lipinski definition) is 3. The molecule has 6 heterocycles. The van der Waals surface area contributed by atoms with Crippen molar-refractivity contribution < 1.29 is 14.2 Å². The molecule has 4 aromatic heterocycles. The van der Waals surface area contributed by atoms with Gasteiger partial charge < -0.3 is 19.9 Å². The van der Waals surface area contributed by atoms with E-state index in [-0.39, 0.29) is 12.2 Å². The molecule has 0 aromatic carbocycles. The summed E-state index contributed by atoms with van der Waals surface area (Å²) in [6.45, 7) is 1.71. The molecule has 12 heteroatoms. The maximum atomic E-state index is 5.91. The number of nitrogens with two attached hydrogens (primary N) is 1. The fourth-order valence-corrected chi connectivity index (χ4v) is 5.90. The third-order valence-electron chi connectivity index (χ3n) is 5.82. The van der Waals surface area contributed by atoms with E-state index in [9.17, 15) is 0 Å². The van der Waals surface area contributed by atoms with Gasteiger partial charge in [0.25, 0.3) is 0 Å². The van der Waals surface area contributed by atoms with Crippen molar-refractivity contribution in [3.05, 3.63) is 67.0 Å². The quantitative estimate of drug-likeness (QED) is 0.225. The van der Waals surface area contributed by atoms with Crippen LogP contribution in [0.2, 0.25) is 8.67 Å². The van der Waals surface area contributed by atoms with E-state index in [1.165, 1.54) is 21.9 Å². The van der Waals surface area contributed by atoms with Crippen LogP contribution < -0.4 is 10.5 Å². The smallest absolute Gasteiger partial charge is 0.174 e. The lowest BCUT2D eigenvalue weighted by Crippen LogP contribution is -1.95. The second-order valence-electron chi connectivity index (χ2n) is 8.54. The maximum absolute atomic E-state index is 5.91. The number of nitrogen functional groups attached to an aromatic ring is 1. The zero-order valence-electron chi connectivity index (χ0n) is 20.5. The summed E-state index contributed by atoms with van der Waals surface area (Å²) in [6, 6.07) is 11.6. The molecule has 0 spiro atoms. The minimum absolute atomic E-state index is 0.194. The van der Waals surface area contributed by atoms with Crippen molar-refractivity contribution in [3.63, 3.8) is 0 Å². The molecule has 4 N–H and O–H groups in total. The molecule has 0 amide bonds. The third-order valence-corrected chi connectivity index (χ3v) is 8.31. The fraction of sp³-hybridized carbons (Fsp3) is 0.440. The summed E-state index contributed by atoms with van der Waals surface area (Å²) in [7, 11) is 1.63. The van der Waals surface area contributed by atoms with E-state index < -0.39 is 0 Å². The topological polar surface area (TPSA) is 111 Å². The zero-order valence-corrected chi connectivity index (χ0v) is 23.7. The predicted molar refractivity (Wildman–Crippen MR) is 150 cm³/mol. The Bertz CT molecular complexity index is 1210. The Labute approximate surface area is 234 Å². The van der Waals surface area contributed by atoms with Crippen LogP contribution in [-0.4, -0.2) is 40.7 Å². The molecule has 8 nitrogen and oxygen atoms in total. The first-order valence-electron chi connectivity index (χ1n) is 12.1. The van der Waals surface area contributed by atoms with Gasteiger partial charge in [-0.05, 0) is 68.9 Å². The number of H-pyrrole nitrogens is 2. The molecule has 4 aromatic rings. The van der Waals surface area contributed by atoms with Crippen LogP contribution in [0.4, 0.5) is 5.82 Å². The largest absolute Gasteiger partial charge is 0.487 e. The lowest BCUT2D eigenvalue weighted by atomic mass is 10.1. The van der Waals surface area contributed by atoms with Crippen molar-refractivity contribution in [2.24, 2.45) is 0 Å². The highest BCUT2D eigenvalue weighted by molar-refractivity contribution is 7.17. The Hall–Kier alpha value is -2.08. The average Bonchev–Trinajstić information content (AvgIpc) is 3.71. The van der Waals surface area contributed by atoms with Crippen molar-refractivity contribution >= 4 is 51.7 Å². The summed E-state index contributed by atoms with van der Waals surface area (Å²) in [5.41, 5.74) is 8.67. The van der Waals surface area contributed by atoms with Crippen LogP contribution in [0.5, 0.6) is 5.06 Å². The molecular formula is C25H31Cl2N5O3S2. The van der Waals surface area contributed by atoms with Crippen LogP contribution in [-0.2, 0) is 22.3 Å². The van der Waals surface area contributed by atoms with Crippen LogP contribution in [0.3, 0.4) is 0 Å². The van der Waals surface area contributed by atoms with Crippen molar-refractivity contribution in [2.45, 2.75) is 50.7 Å². The summed E-state index contributed by atoms with van der Waals surface area (Å²) < 4.78 is 17.5. The van der Waals surface area contributed by atoms with Gasteiger partial charge >= 0.3 is 0 Å². The van der Waals surface area contributed by atoms with E-state index in [1.807, 2.05) is 24.3 Å². The molecule has 2 unspecified atom stereocenters. The number of halogens is 2. The zero-order chi connectivity index (χ0) is 26.0. The van der Waals surface area contributed by atoms with E-state index in [4.69, 9.17) is 43.1 Å². The summed E-state index contributed by atoms with van der Waals surface area (Å²) in [5.74, 6) is 0.538. The Kier molecular flexibility index (Phi) is 10.7. The molecule has 0 saturated carbocycles. The van der Waals surface area contributed by atoms with E-state index >= 15 is 0 Å². The Morgan fingerprint density at radius 3 is 2.22 bits per heavy atom. The Morgan fingerprint density at radius 1 is 0.946 bits per heavy atom. The summed E-state index contributed by atoms with van der Waals surface area (Å²) in [6.07, 6.45) is 6.79. The van der Waals surface area contributed by atoms with Crippen molar-refractivity contribution in [2.75, 3.05) is 26.1 Å². The van der Waals surface area contributed by atoms with Crippen LogP contribution in [0, 0.1) is 0 Å². The highest BCUT2D eigenvalue weighted by Crippen LogP contribution is 2.29. The highest BCUT2D eigenvalue weighted by atomic mass is 35.5.